The number of benzene rings is 2. The van der Waals surface area contributed by atoms with E-state index in [0.717, 1.165) is 29.8 Å². The molecule has 0 aromatic heterocycles. The molecule has 2 N–H and O–H groups in total. The lowest BCUT2D eigenvalue weighted by Crippen LogP contribution is -2.14. The number of rotatable bonds is 8. The molecule has 1 unspecified atom stereocenters. The molecular weight excluding hydrogens is 291 g/mol. The van der Waals surface area contributed by atoms with Gasteiger partial charge in [-0.2, -0.15) is 0 Å². The molecule has 0 aliphatic carbocycles. The average molecular weight is 316 g/mol. The standard InChI is InChI=1S/C19H25FN2O/c1-22(2)18-9-4-10-19(13-18)23-11-5-7-16(14-21)15-6-3-8-17(20)12-15/h3-4,6,8-10,12-13,16H,5,7,11,14,21H2,1-2H3. The van der Waals surface area contributed by atoms with Crippen molar-refractivity contribution in [3.8, 4) is 5.75 Å². The molecular formula is C19H25FN2O. The normalized spacial score (nSPS) is 12.0. The van der Waals surface area contributed by atoms with Crippen molar-refractivity contribution in [3.05, 3.63) is 59.9 Å². The van der Waals surface area contributed by atoms with Crippen LogP contribution < -0.4 is 15.4 Å². The Labute approximate surface area is 137 Å². The maximum atomic E-state index is 13.3. The molecule has 2 rings (SSSR count). The lowest BCUT2D eigenvalue weighted by Gasteiger charge is -2.16. The minimum absolute atomic E-state index is 0.169. The minimum Gasteiger partial charge on any atom is -0.494 e. The van der Waals surface area contributed by atoms with Crippen molar-refractivity contribution in [1.82, 2.24) is 0 Å². The second-order valence-electron chi connectivity index (χ2n) is 5.87. The average Bonchev–Trinajstić information content (AvgIpc) is 2.55. The minimum atomic E-state index is -0.210. The van der Waals surface area contributed by atoms with E-state index in [9.17, 15) is 4.39 Å². The van der Waals surface area contributed by atoms with Crippen LogP contribution in [-0.2, 0) is 0 Å². The van der Waals surface area contributed by atoms with E-state index >= 15 is 0 Å². The van der Waals surface area contributed by atoms with Gasteiger partial charge in [0.1, 0.15) is 11.6 Å². The molecule has 4 heteroatoms. The molecule has 3 nitrogen and oxygen atoms in total. The Kier molecular flexibility index (Phi) is 6.41. The van der Waals surface area contributed by atoms with E-state index in [1.54, 1.807) is 12.1 Å². The molecule has 23 heavy (non-hydrogen) atoms. The van der Waals surface area contributed by atoms with E-state index in [-0.39, 0.29) is 11.7 Å². The van der Waals surface area contributed by atoms with Crippen LogP contribution in [0.4, 0.5) is 10.1 Å². The first kappa shape index (κ1) is 17.3. The number of halogens is 1. The van der Waals surface area contributed by atoms with Crippen molar-refractivity contribution in [2.75, 3.05) is 32.1 Å². The van der Waals surface area contributed by atoms with Gasteiger partial charge in [-0.3, -0.25) is 0 Å². The number of hydrogen-bond donors (Lipinski definition) is 1. The first-order chi connectivity index (χ1) is 11.1. The smallest absolute Gasteiger partial charge is 0.123 e. The summed E-state index contributed by atoms with van der Waals surface area (Å²) in [6.45, 7) is 1.14. The van der Waals surface area contributed by atoms with E-state index < -0.39 is 0 Å². The number of nitrogens with zero attached hydrogens (tertiary/aromatic N) is 1. The van der Waals surface area contributed by atoms with Crippen molar-refractivity contribution in [1.29, 1.82) is 0 Å². The van der Waals surface area contributed by atoms with Gasteiger partial charge in [0.15, 0.2) is 0 Å². The second kappa shape index (κ2) is 8.53. The van der Waals surface area contributed by atoms with E-state index in [4.69, 9.17) is 10.5 Å². The van der Waals surface area contributed by atoms with Gasteiger partial charge in [0, 0.05) is 25.8 Å². The molecule has 0 spiro atoms. The van der Waals surface area contributed by atoms with Crippen LogP contribution in [-0.4, -0.2) is 27.2 Å². The highest BCUT2D eigenvalue weighted by molar-refractivity contribution is 5.49. The molecule has 0 saturated heterocycles. The van der Waals surface area contributed by atoms with Gasteiger partial charge >= 0.3 is 0 Å². The third-order valence-electron chi connectivity index (χ3n) is 3.90. The monoisotopic (exact) mass is 316 g/mol. The highest BCUT2D eigenvalue weighted by Gasteiger charge is 2.10. The van der Waals surface area contributed by atoms with E-state index in [2.05, 4.69) is 0 Å². The number of anilines is 1. The Morgan fingerprint density at radius 1 is 1.13 bits per heavy atom. The van der Waals surface area contributed by atoms with Crippen molar-refractivity contribution in [2.45, 2.75) is 18.8 Å². The summed E-state index contributed by atoms with van der Waals surface area (Å²) in [7, 11) is 4.01. The first-order valence-electron chi connectivity index (χ1n) is 7.96. The van der Waals surface area contributed by atoms with Gasteiger partial charge in [-0.1, -0.05) is 18.2 Å². The SMILES string of the molecule is CN(C)c1cccc(OCCCC(CN)c2cccc(F)c2)c1. The predicted molar refractivity (Wildman–Crippen MR) is 93.7 cm³/mol. The molecule has 2 aromatic rings. The Morgan fingerprint density at radius 2 is 1.91 bits per heavy atom. The Balaban J connectivity index is 1.83. The number of nitrogens with two attached hydrogens (primary N) is 1. The van der Waals surface area contributed by atoms with Crippen LogP contribution >= 0.6 is 0 Å². The lowest BCUT2D eigenvalue weighted by molar-refractivity contribution is 0.302. The highest BCUT2D eigenvalue weighted by atomic mass is 19.1. The van der Waals surface area contributed by atoms with Crippen LogP contribution in [0.3, 0.4) is 0 Å². The van der Waals surface area contributed by atoms with Gasteiger partial charge in [0.2, 0.25) is 0 Å². The molecule has 0 fully saturated rings. The first-order valence-corrected chi connectivity index (χ1v) is 7.96. The lowest BCUT2D eigenvalue weighted by atomic mass is 9.94. The van der Waals surface area contributed by atoms with Crippen LogP contribution in [0.15, 0.2) is 48.5 Å². The van der Waals surface area contributed by atoms with Crippen molar-refractivity contribution in [2.24, 2.45) is 5.73 Å². The molecule has 0 amide bonds. The van der Waals surface area contributed by atoms with Gasteiger partial charge in [0.25, 0.3) is 0 Å². The summed E-state index contributed by atoms with van der Waals surface area (Å²) in [5, 5.41) is 0. The second-order valence-corrected chi connectivity index (χ2v) is 5.87. The molecule has 0 heterocycles. The van der Waals surface area contributed by atoms with E-state index in [1.807, 2.05) is 49.3 Å². The maximum absolute atomic E-state index is 13.3. The van der Waals surface area contributed by atoms with Crippen molar-refractivity contribution >= 4 is 5.69 Å². The van der Waals surface area contributed by atoms with E-state index in [1.165, 1.54) is 6.07 Å². The van der Waals surface area contributed by atoms with Gasteiger partial charge in [0.05, 0.1) is 6.61 Å². The van der Waals surface area contributed by atoms with Gasteiger partial charge in [-0.05, 0) is 55.1 Å². The molecule has 124 valence electrons. The summed E-state index contributed by atoms with van der Waals surface area (Å²) in [6.07, 6.45) is 1.76. The predicted octanol–water partition coefficient (Wildman–Crippen LogP) is 3.79. The topological polar surface area (TPSA) is 38.5 Å². The zero-order valence-electron chi connectivity index (χ0n) is 13.8. The summed E-state index contributed by atoms with van der Waals surface area (Å²) in [5.41, 5.74) is 7.91. The fourth-order valence-electron chi connectivity index (χ4n) is 2.55. The zero-order chi connectivity index (χ0) is 16.7. The summed E-state index contributed by atoms with van der Waals surface area (Å²) in [4.78, 5) is 2.04. The molecule has 0 bridgehead atoms. The van der Waals surface area contributed by atoms with Crippen LogP contribution in [0.5, 0.6) is 5.75 Å². The Morgan fingerprint density at radius 3 is 2.61 bits per heavy atom. The quantitative estimate of drug-likeness (QED) is 0.753. The molecule has 0 aliphatic rings. The fourth-order valence-corrected chi connectivity index (χ4v) is 2.55. The summed E-state index contributed by atoms with van der Waals surface area (Å²) in [6, 6.07) is 14.7. The van der Waals surface area contributed by atoms with Crippen LogP contribution in [0.25, 0.3) is 0 Å². The number of ether oxygens (including phenoxy) is 1. The zero-order valence-corrected chi connectivity index (χ0v) is 13.8. The molecule has 0 saturated carbocycles. The van der Waals surface area contributed by atoms with Crippen molar-refractivity contribution < 1.29 is 9.13 Å². The largest absolute Gasteiger partial charge is 0.494 e. The van der Waals surface area contributed by atoms with Gasteiger partial charge in [-0.15, -0.1) is 0 Å². The molecule has 0 radical (unpaired) electrons. The van der Waals surface area contributed by atoms with Crippen LogP contribution in [0.2, 0.25) is 0 Å². The summed E-state index contributed by atoms with van der Waals surface area (Å²) in [5.74, 6) is 0.825. The van der Waals surface area contributed by atoms with Gasteiger partial charge < -0.3 is 15.4 Å². The Hall–Kier alpha value is -2.07. The highest BCUT2D eigenvalue weighted by Crippen LogP contribution is 2.22. The summed E-state index contributed by atoms with van der Waals surface area (Å²) >= 11 is 0. The van der Waals surface area contributed by atoms with Crippen molar-refractivity contribution in [3.63, 3.8) is 0 Å². The molecule has 2 aromatic carbocycles. The van der Waals surface area contributed by atoms with E-state index in [0.29, 0.717) is 13.2 Å². The third-order valence-corrected chi connectivity index (χ3v) is 3.90. The fraction of sp³-hybridized carbons (Fsp3) is 0.368. The maximum Gasteiger partial charge on any atom is 0.123 e. The Bertz CT molecular complexity index is 616. The van der Waals surface area contributed by atoms with Crippen LogP contribution in [0.1, 0.15) is 24.3 Å². The number of hydrogen-bond acceptors (Lipinski definition) is 3. The third kappa shape index (κ3) is 5.25. The summed E-state index contributed by atoms with van der Waals surface area (Å²) < 4.78 is 19.1. The molecule has 0 aliphatic heterocycles. The molecule has 1 atom stereocenters. The van der Waals surface area contributed by atoms with Crippen LogP contribution in [0, 0.1) is 5.82 Å². The van der Waals surface area contributed by atoms with Gasteiger partial charge in [-0.25, -0.2) is 4.39 Å².